The van der Waals surface area contributed by atoms with Crippen LogP contribution in [0, 0.1) is 0 Å². The molecule has 0 amide bonds. The summed E-state index contributed by atoms with van der Waals surface area (Å²) in [5.74, 6) is 1.15. The Kier molecular flexibility index (Phi) is 8.97. The molecule has 0 aromatic rings. The maximum Gasteiger partial charge on any atom is 0.0584 e. The van der Waals surface area contributed by atoms with Gasteiger partial charge in [-0.3, -0.25) is 0 Å². The van der Waals surface area contributed by atoms with Crippen molar-refractivity contribution in [2.24, 2.45) is 4.99 Å². The average molecular weight is 179 g/mol. The molecule has 0 bridgehead atoms. The van der Waals surface area contributed by atoms with E-state index < -0.39 is 0 Å². The van der Waals surface area contributed by atoms with Crippen molar-refractivity contribution in [2.75, 3.05) is 18.6 Å². The highest BCUT2D eigenvalue weighted by Crippen LogP contribution is 2.16. The molecule has 0 N–H and O–H groups in total. The summed E-state index contributed by atoms with van der Waals surface area (Å²) >= 11 is 4.40. The quantitative estimate of drug-likeness (QED) is 0.278. The van der Waals surface area contributed by atoms with Crippen molar-refractivity contribution in [3.05, 3.63) is 0 Å². The molecule has 1 nitrogen and oxygen atoms in total. The van der Waals surface area contributed by atoms with Crippen molar-refractivity contribution in [3.63, 3.8) is 0 Å². The number of hydrogen-bond donors (Lipinski definition) is 0. The minimum atomic E-state index is 0.830. The topological polar surface area (TPSA) is 12.4 Å². The van der Waals surface area contributed by atoms with Crippen molar-refractivity contribution in [1.82, 2.24) is 0 Å². The lowest BCUT2D eigenvalue weighted by molar-refractivity contribution is 0.953. The van der Waals surface area contributed by atoms with Gasteiger partial charge in [-0.1, -0.05) is 21.6 Å². The van der Waals surface area contributed by atoms with E-state index in [2.05, 4.69) is 28.6 Å². The first-order valence-electron chi connectivity index (χ1n) is 2.61. The third-order valence-electron chi connectivity index (χ3n) is 0.680. The fourth-order valence-corrected chi connectivity index (χ4v) is 1.69. The number of thiocarbonyl (C=S) groups is 1. The van der Waals surface area contributed by atoms with Gasteiger partial charge in [0.25, 0.3) is 0 Å². The van der Waals surface area contributed by atoms with Gasteiger partial charge in [-0.15, -0.1) is 0 Å². The molecule has 52 valence electrons. The number of isothiocyanates is 1. The molecule has 0 aromatic carbocycles. The van der Waals surface area contributed by atoms with Crippen molar-refractivity contribution in [1.29, 1.82) is 0 Å². The minimum Gasteiger partial charge on any atom is -0.233 e. The summed E-state index contributed by atoms with van der Waals surface area (Å²) in [7, 11) is 3.64. The van der Waals surface area contributed by atoms with Crippen LogP contribution in [0.4, 0.5) is 0 Å². The average Bonchev–Trinajstić information content (AvgIpc) is 1.89. The first-order valence-corrected chi connectivity index (χ1v) is 5.74. The molecule has 0 spiro atoms. The molecular weight excluding hydrogens is 170 g/mol. The molecule has 9 heavy (non-hydrogen) atoms. The largest absolute Gasteiger partial charge is 0.233 e. The highest BCUT2D eigenvalue weighted by Gasteiger charge is 1.83. The zero-order valence-corrected chi connectivity index (χ0v) is 7.74. The van der Waals surface area contributed by atoms with Gasteiger partial charge >= 0.3 is 0 Å². The summed E-state index contributed by atoms with van der Waals surface area (Å²) in [6, 6.07) is 0. The molecule has 0 unspecified atom stereocenters. The molecule has 0 rings (SSSR count). The second kappa shape index (κ2) is 8.50. The Morgan fingerprint density at radius 2 is 2.44 bits per heavy atom. The summed E-state index contributed by atoms with van der Waals surface area (Å²) in [5, 5.41) is 2.34. The van der Waals surface area contributed by atoms with E-state index in [0.717, 1.165) is 18.7 Å². The Hall–Kier alpha value is 0.500. The Labute approximate surface area is 69.1 Å². The second-order valence-corrected chi connectivity index (χ2v) is 4.18. The van der Waals surface area contributed by atoms with Crippen LogP contribution in [0.1, 0.15) is 6.42 Å². The van der Waals surface area contributed by atoms with E-state index in [1.54, 1.807) is 10.8 Å². The van der Waals surface area contributed by atoms with Crippen LogP contribution >= 0.6 is 33.8 Å². The zero-order chi connectivity index (χ0) is 6.95. The maximum absolute atomic E-state index is 4.40. The van der Waals surface area contributed by atoms with Crippen LogP contribution in [-0.2, 0) is 0 Å². The van der Waals surface area contributed by atoms with Crippen LogP contribution < -0.4 is 0 Å². The summed E-state index contributed by atoms with van der Waals surface area (Å²) in [5.41, 5.74) is 0. The SMILES string of the molecule is CSSCCCN=C=S. The fraction of sp³-hybridized carbons (Fsp3) is 0.800. The molecule has 0 aliphatic carbocycles. The van der Waals surface area contributed by atoms with Gasteiger partial charge in [0, 0.05) is 5.75 Å². The molecule has 0 heterocycles. The van der Waals surface area contributed by atoms with Crippen LogP contribution in [0.15, 0.2) is 4.99 Å². The van der Waals surface area contributed by atoms with Crippen molar-refractivity contribution >= 4 is 39.0 Å². The number of aliphatic imine (C=N–C) groups is 1. The zero-order valence-electron chi connectivity index (χ0n) is 5.29. The molecule has 0 atom stereocenters. The summed E-state index contributed by atoms with van der Waals surface area (Å²) < 4.78 is 0. The van der Waals surface area contributed by atoms with Crippen LogP contribution in [0.25, 0.3) is 0 Å². The lowest BCUT2D eigenvalue weighted by atomic mass is 10.5. The number of rotatable bonds is 5. The highest BCUT2D eigenvalue weighted by atomic mass is 33.1. The molecular formula is C5H9NS3. The first kappa shape index (κ1) is 9.50. The van der Waals surface area contributed by atoms with Gasteiger partial charge < -0.3 is 0 Å². The molecule has 0 saturated heterocycles. The Bertz CT molecular complexity index is 98.4. The molecule has 0 aromatic heterocycles. The third-order valence-corrected chi connectivity index (χ3v) is 2.71. The van der Waals surface area contributed by atoms with Gasteiger partial charge in [0.2, 0.25) is 0 Å². The van der Waals surface area contributed by atoms with Gasteiger partial charge in [-0.25, -0.2) is 4.99 Å². The van der Waals surface area contributed by atoms with Crippen LogP contribution in [0.5, 0.6) is 0 Å². The molecule has 4 heteroatoms. The number of nitrogens with zero attached hydrogens (tertiary/aromatic N) is 1. The van der Waals surface area contributed by atoms with Gasteiger partial charge in [-0.05, 0) is 24.9 Å². The summed E-state index contributed by atoms with van der Waals surface area (Å²) in [6.45, 7) is 0.830. The van der Waals surface area contributed by atoms with E-state index in [9.17, 15) is 0 Å². The molecule has 0 aliphatic rings. The predicted octanol–water partition coefficient (Wildman–Crippen LogP) is 2.49. The van der Waals surface area contributed by atoms with Crippen LogP contribution in [-0.4, -0.2) is 23.7 Å². The third kappa shape index (κ3) is 8.50. The van der Waals surface area contributed by atoms with Gasteiger partial charge in [0.05, 0.1) is 11.7 Å². The van der Waals surface area contributed by atoms with E-state index in [0.29, 0.717) is 0 Å². The van der Waals surface area contributed by atoms with Gasteiger partial charge in [0.1, 0.15) is 0 Å². The van der Waals surface area contributed by atoms with E-state index in [4.69, 9.17) is 0 Å². The van der Waals surface area contributed by atoms with E-state index >= 15 is 0 Å². The molecule has 0 saturated carbocycles. The normalized spacial score (nSPS) is 8.56. The Morgan fingerprint density at radius 1 is 1.67 bits per heavy atom. The molecule has 0 radical (unpaired) electrons. The number of hydrogen-bond acceptors (Lipinski definition) is 4. The van der Waals surface area contributed by atoms with E-state index in [1.165, 1.54) is 0 Å². The van der Waals surface area contributed by atoms with E-state index in [-0.39, 0.29) is 0 Å². The van der Waals surface area contributed by atoms with Crippen LogP contribution in [0.3, 0.4) is 0 Å². The van der Waals surface area contributed by atoms with Gasteiger partial charge in [-0.2, -0.15) is 0 Å². The Morgan fingerprint density at radius 3 is 3.00 bits per heavy atom. The summed E-state index contributed by atoms with van der Waals surface area (Å²) in [6.07, 6.45) is 3.18. The lowest BCUT2D eigenvalue weighted by Gasteiger charge is -1.90. The maximum atomic E-state index is 4.40. The van der Waals surface area contributed by atoms with Crippen molar-refractivity contribution in [3.8, 4) is 0 Å². The van der Waals surface area contributed by atoms with Crippen molar-refractivity contribution < 1.29 is 0 Å². The monoisotopic (exact) mass is 179 g/mol. The molecule has 0 aliphatic heterocycles. The van der Waals surface area contributed by atoms with E-state index in [1.807, 2.05) is 10.8 Å². The van der Waals surface area contributed by atoms with Gasteiger partial charge in [0.15, 0.2) is 0 Å². The summed E-state index contributed by atoms with van der Waals surface area (Å²) in [4.78, 5) is 3.79. The first-order chi connectivity index (χ1) is 4.41. The minimum absolute atomic E-state index is 0.830. The fourth-order valence-electron chi connectivity index (χ4n) is 0.332. The standard InChI is InChI=1S/C5H9NS3/c1-8-9-4-2-3-6-5-7/h2-4H2,1H3. The second-order valence-electron chi connectivity index (χ2n) is 1.32. The van der Waals surface area contributed by atoms with Crippen LogP contribution in [0.2, 0.25) is 0 Å². The Balaban J connectivity index is 2.82. The highest BCUT2D eigenvalue weighted by molar-refractivity contribution is 8.76. The predicted molar refractivity (Wildman–Crippen MR) is 50.5 cm³/mol. The van der Waals surface area contributed by atoms with Crippen molar-refractivity contribution in [2.45, 2.75) is 6.42 Å². The smallest absolute Gasteiger partial charge is 0.0584 e. The molecule has 0 fully saturated rings. The lowest BCUT2D eigenvalue weighted by Crippen LogP contribution is -1.80.